The summed E-state index contributed by atoms with van der Waals surface area (Å²) < 4.78 is 0. The van der Waals surface area contributed by atoms with Crippen molar-refractivity contribution in [2.45, 2.75) is 58.4 Å². The molecule has 0 aromatic carbocycles. The maximum Gasteiger partial charge on any atom is 0.141 e. The van der Waals surface area contributed by atoms with Gasteiger partial charge in [-0.05, 0) is 13.0 Å². The van der Waals surface area contributed by atoms with Gasteiger partial charge in [-0.1, -0.05) is 46.0 Å². The Hall–Kier alpha value is -0.900. The molecule has 1 aromatic heterocycles. The lowest BCUT2D eigenvalue weighted by Gasteiger charge is -2.14. The minimum atomic E-state index is 0.342. The zero-order valence-electron chi connectivity index (χ0n) is 10.5. The van der Waals surface area contributed by atoms with Crippen LogP contribution in [0.15, 0.2) is 6.33 Å². The van der Waals surface area contributed by atoms with Crippen molar-refractivity contribution in [2.75, 3.05) is 6.54 Å². The third-order valence-corrected chi connectivity index (χ3v) is 2.81. The third kappa shape index (κ3) is 4.75. The Kier molecular flexibility index (Phi) is 6.81. The van der Waals surface area contributed by atoms with Crippen LogP contribution in [0.25, 0.3) is 0 Å². The monoisotopic (exact) mass is 224 g/mol. The van der Waals surface area contributed by atoms with Gasteiger partial charge in [0, 0.05) is 0 Å². The molecule has 4 nitrogen and oxygen atoms in total. The molecule has 0 saturated heterocycles. The number of hydrogen-bond donors (Lipinski definition) is 2. The third-order valence-electron chi connectivity index (χ3n) is 2.81. The molecule has 0 bridgehead atoms. The molecule has 1 heterocycles. The van der Waals surface area contributed by atoms with E-state index in [9.17, 15) is 0 Å². The fraction of sp³-hybridized carbons (Fsp3) is 0.833. The zero-order valence-corrected chi connectivity index (χ0v) is 10.5. The Morgan fingerprint density at radius 1 is 1.25 bits per heavy atom. The van der Waals surface area contributed by atoms with Crippen molar-refractivity contribution in [1.82, 2.24) is 20.5 Å². The van der Waals surface area contributed by atoms with E-state index in [0.717, 1.165) is 18.8 Å². The number of nitrogens with zero attached hydrogens (tertiary/aromatic N) is 2. The molecular formula is C12H24N4. The lowest BCUT2D eigenvalue weighted by atomic mass is 10.1. The summed E-state index contributed by atoms with van der Waals surface area (Å²) in [5, 5.41) is 10.3. The van der Waals surface area contributed by atoms with Crippen molar-refractivity contribution in [1.29, 1.82) is 0 Å². The smallest absolute Gasteiger partial charge is 0.141 e. The van der Waals surface area contributed by atoms with Gasteiger partial charge < -0.3 is 5.32 Å². The van der Waals surface area contributed by atoms with Crippen molar-refractivity contribution in [3.8, 4) is 0 Å². The first-order chi connectivity index (χ1) is 7.88. The zero-order chi connectivity index (χ0) is 11.6. The predicted octanol–water partition coefficient (Wildman–Crippen LogP) is 2.82. The molecule has 0 radical (unpaired) electrons. The van der Waals surface area contributed by atoms with Crippen LogP contribution >= 0.6 is 0 Å². The highest BCUT2D eigenvalue weighted by Crippen LogP contribution is 2.16. The summed E-state index contributed by atoms with van der Waals surface area (Å²) in [6.45, 7) is 5.34. The molecule has 1 aromatic rings. The van der Waals surface area contributed by atoms with Crippen LogP contribution in [0.3, 0.4) is 0 Å². The molecule has 92 valence electrons. The van der Waals surface area contributed by atoms with Gasteiger partial charge in [-0.15, -0.1) is 0 Å². The van der Waals surface area contributed by atoms with Crippen LogP contribution in [0.2, 0.25) is 0 Å². The maximum atomic E-state index is 4.22. The average Bonchev–Trinajstić information content (AvgIpc) is 2.81. The van der Waals surface area contributed by atoms with Crippen molar-refractivity contribution in [2.24, 2.45) is 0 Å². The lowest BCUT2D eigenvalue weighted by Crippen LogP contribution is -2.22. The number of nitrogens with one attached hydrogen (secondary N) is 2. The van der Waals surface area contributed by atoms with Crippen molar-refractivity contribution >= 4 is 0 Å². The molecule has 0 amide bonds. The molecule has 0 spiro atoms. The molecule has 1 atom stereocenters. The van der Waals surface area contributed by atoms with E-state index >= 15 is 0 Å². The van der Waals surface area contributed by atoms with E-state index in [1.54, 1.807) is 6.33 Å². The summed E-state index contributed by atoms with van der Waals surface area (Å²) in [6.07, 6.45) is 9.32. The van der Waals surface area contributed by atoms with Gasteiger partial charge >= 0.3 is 0 Å². The lowest BCUT2D eigenvalue weighted by molar-refractivity contribution is 0.461. The normalized spacial score (nSPS) is 12.9. The number of aromatic nitrogens is 3. The molecule has 0 aliphatic rings. The van der Waals surface area contributed by atoms with Crippen LogP contribution in [0.1, 0.15) is 64.2 Å². The predicted molar refractivity (Wildman–Crippen MR) is 66.2 cm³/mol. The van der Waals surface area contributed by atoms with Gasteiger partial charge in [0.25, 0.3) is 0 Å². The van der Waals surface area contributed by atoms with E-state index in [1.807, 2.05) is 0 Å². The van der Waals surface area contributed by atoms with E-state index in [4.69, 9.17) is 0 Å². The largest absolute Gasteiger partial charge is 0.308 e. The minimum Gasteiger partial charge on any atom is -0.308 e. The fourth-order valence-electron chi connectivity index (χ4n) is 1.92. The van der Waals surface area contributed by atoms with Crippen molar-refractivity contribution in [3.63, 3.8) is 0 Å². The van der Waals surface area contributed by atoms with Gasteiger partial charge in [0.15, 0.2) is 0 Å². The second kappa shape index (κ2) is 8.28. The maximum absolute atomic E-state index is 4.22. The van der Waals surface area contributed by atoms with E-state index in [2.05, 4.69) is 34.3 Å². The summed E-state index contributed by atoms with van der Waals surface area (Å²) in [4.78, 5) is 4.22. The first-order valence-corrected chi connectivity index (χ1v) is 6.47. The number of unbranched alkanes of at least 4 members (excludes halogenated alkanes) is 4. The van der Waals surface area contributed by atoms with Gasteiger partial charge in [0.2, 0.25) is 0 Å². The summed E-state index contributed by atoms with van der Waals surface area (Å²) in [5.74, 6) is 0.970. The van der Waals surface area contributed by atoms with E-state index in [0.29, 0.717) is 6.04 Å². The summed E-state index contributed by atoms with van der Waals surface area (Å²) in [7, 11) is 0. The standard InChI is InChI=1S/C12H24N4/c1-3-5-6-7-8-9-11(13-4-2)12-14-10-15-16-12/h10-11,13H,3-9H2,1-2H3,(H,14,15,16). The van der Waals surface area contributed by atoms with E-state index in [-0.39, 0.29) is 0 Å². The first-order valence-electron chi connectivity index (χ1n) is 6.47. The topological polar surface area (TPSA) is 53.6 Å². The van der Waals surface area contributed by atoms with Crippen LogP contribution in [-0.2, 0) is 0 Å². The number of aromatic amines is 1. The molecule has 16 heavy (non-hydrogen) atoms. The van der Waals surface area contributed by atoms with Crippen LogP contribution < -0.4 is 5.32 Å². The van der Waals surface area contributed by atoms with Crippen LogP contribution in [0.5, 0.6) is 0 Å². The highest BCUT2D eigenvalue weighted by atomic mass is 15.2. The van der Waals surface area contributed by atoms with Gasteiger partial charge in [-0.2, -0.15) is 5.10 Å². The summed E-state index contributed by atoms with van der Waals surface area (Å²) in [6, 6.07) is 0.342. The molecule has 1 unspecified atom stereocenters. The SMILES string of the molecule is CCCCCCCC(NCC)c1ncn[nH]1. The fourth-order valence-corrected chi connectivity index (χ4v) is 1.92. The second-order valence-corrected chi connectivity index (χ2v) is 4.18. The number of H-pyrrole nitrogens is 1. The average molecular weight is 224 g/mol. The van der Waals surface area contributed by atoms with Gasteiger partial charge in [0.05, 0.1) is 6.04 Å². The molecule has 1 rings (SSSR count). The highest BCUT2D eigenvalue weighted by Gasteiger charge is 2.11. The van der Waals surface area contributed by atoms with Gasteiger partial charge in [-0.25, -0.2) is 4.98 Å². The Labute approximate surface area is 98.2 Å². The quantitative estimate of drug-likeness (QED) is 0.634. The second-order valence-electron chi connectivity index (χ2n) is 4.18. The van der Waals surface area contributed by atoms with Crippen molar-refractivity contribution < 1.29 is 0 Å². The number of rotatable bonds is 9. The highest BCUT2D eigenvalue weighted by molar-refractivity contribution is 4.90. The van der Waals surface area contributed by atoms with Crippen LogP contribution in [-0.4, -0.2) is 21.7 Å². The Bertz CT molecular complexity index is 246. The molecule has 0 saturated carbocycles. The van der Waals surface area contributed by atoms with E-state index < -0.39 is 0 Å². The molecule has 0 aliphatic heterocycles. The van der Waals surface area contributed by atoms with E-state index in [1.165, 1.54) is 32.1 Å². The minimum absolute atomic E-state index is 0.342. The van der Waals surface area contributed by atoms with Gasteiger partial charge in [-0.3, -0.25) is 5.10 Å². The summed E-state index contributed by atoms with van der Waals surface area (Å²) >= 11 is 0. The Morgan fingerprint density at radius 2 is 2.06 bits per heavy atom. The first kappa shape index (κ1) is 13.2. The van der Waals surface area contributed by atoms with Crippen LogP contribution in [0.4, 0.5) is 0 Å². The number of hydrogen-bond acceptors (Lipinski definition) is 3. The van der Waals surface area contributed by atoms with Crippen LogP contribution in [0, 0.1) is 0 Å². The molecule has 0 aliphatic carbocycles. The summed E-state index contributed by atoms with van der Waals surface area (Å²) in [5.41, 5.74) is 0. The van der Waals surface area contributed by atoms with Crippen molar-refractivity contribution in [3.05, 3.63) is 12.2 Å². The Balaban J connectivity index is 2.24. The molecular weight excluding hydrogens is 200 g/mol. The molecule has 0 fully saturated rings. The molecule has 2 N–H and O–H groups in total. The molecule has 4 heteroatoms. The van der Waals surface area contributed by atoms with Gasteiger partial charge in [0.1, 0.15) is 12.2 Å². The Morgan fingerprint density at radius 3 is 2.69 bits per heavy atom.